The number of rotatable bonds is 1. The van der Waals surface area contributed by atoms with Crippen molar-refractivity contribution >= 4 is 6.02 Å². The predicted molar refractivity (Wildman–Crippen MR) is 53.0 cm³/mol. The van der Waals surface area contributed by atoms with Gasteiger partial charge in [0.2, 0.25) is 0 Å². The number of aliphatic hydroxyl groups is 2. The number of ether oxygens (including phenoxy) is 2. The third-order valence-corrected chi connectivity index (χ3v) is 2.93. The third-order valence-electron chi connectivity index (χ3n) is 2.93. The first-order valence-electron chi connectivity index (χ1n) is 5.12. The zero-order valence-corrected chi connectivity index (χ0v) is 8.43. The molecule has 0 saturated carbocycles. The maximum atomic E-state index is 9.83. The Kier molecular flexibility index (Phi) is 2.15. The Balaban J connectivity index is 1.85. The minimum atomic E-state index is -0.854. The van der Waals surface area contributed by atoms with E-state index >= 15 is 0 Å². The molecule has 3 rings (SSSR count). The van der Waals surface area contributed by atoms with Crippen molar-refractivity contribution in [2.75, 3.05) is 6.61 Å². The molecule has 0 aromatic carbocycles. The quantitative estimate of drug-likeness (QED) is 0.476. The largest absolute Gasteiger partial charge is 0.454 e. The van der Waals surface area contributed by atoms with Crippen LogP contribution in [0.5, 0.6) is 0 Å². The standard InChI is InChI=1S/C9H13N3O4/c10-5-1-2-12-8-7(16-9(12)11-5)6(14)4(3-13)15-8/h1-2,4-8,13-14H,3,10H2. The lowest BCUT2D eigenvalue weighted by molar-refractivity contribution is -0.0476. The Morgan fingerprint density at radius 3 is 3.12 bits per heavy atom. The highest BCUT2D eigenvalue weighted by Crippen LogP contribution is 2.33. The number of aliphatic imine (C=N–C) groups is 1. The van der Waals surface area contributed by atoms with Gasteiger partial charge in [0.1, 0.15) is 18.4 Å². The van der Waals surface area contributed by atoms with Crippen molar-refractivity contribution in [3.63, 3.8) is 0 Å². The van der Waals surface area contributed by atoms with Gasteiger partial charge in [-0.2, -0.15) is 0 Å². The van der Waals surface area contributed by atoms with Crippen LogP contribution in [0.1, 0.15) is 0 Å². The fourth-order valence-corrected chi connectivity index (χ4v) is 2.11. The van der Waals surface area contributed by atoms with Crippen LogP contribution in [0.25, 0.3) is 0 Å². The second-order valence-electron chi connectivity index (χ2n) is 3.97. The summed E-state index contributed by atoms with van der Waals surface area (Å²) in [6, 6.07) is 0.362. The van der Waals surface area contributed by atoms with E-state index in [1.807, 2.05) is 0 Å². The molecule has 0 bridgehead atoms. The smallest absolute Gasteiger partial charge is 0.296 e. The summed E-state index contributed by atoms with van der Waals surface area (Å²) in [7, 11) is 0. The molecule has 0 aromatic heterocycles. The highest BCUT2D eigenvalue weighted by atomic mass is 16.6. The van der Waals surface area contributed by atoms with E-state index in [2.05, 4.69) is 4.99 Å². The molecule has 0 aliphatic carbocycles. The number of nitrogens with two attached hydrogens (primary N) is 1. The van der Waals surface area contributed by atoms with Crippen molar-refractivity contribution in [2.45, 2.75) is 30.7 Å². The highest BCUT2D eigenvalue weighted by molar-refractivity contribution is 5.78. The molecule has 0 radical (unpaired) electrons. The number of hydrogen-bond donors (Lipinski definition) is 3. The molecule has 5 atom stereocenters. The fourth-order valence-electron chi connectivity index (χ4n) is 2.11. The number of hydrogen-bond acceptors (Lipinski definition) is 7. The Hall–Kier alpha value is -1.15. The van der Waals surface area contributed by atoms with Gasteiger partial charge in [0.05, 0.1) is 6.61 Å². The van der Waals surface area contributed by atoms with Gasteiger partial charge in [-0.15, -0.1) is 0 Å². The van der Waals surface area contributed by atoms with Crippen molar-refractivity contribution < 1.29 is 19.7 Å². The summed E-state index contributed by atoms with van der Waals surface area (Å²) in [6.07, 6.45) is 0.589. The summed E-state index contributed by atoms with van der Waals surface area (Å²) in [4.78, 5) is 5.74. The van der Waals surface area contributed by atoms with Gasteiger partial charge in [0.25, 0.3) is 6.02 Å². The van der Waals surface area contributed by atoms with Crippen molar-refractivity contribution in [3.8, 4) is 0 Å². The maximum Gasteiger partial charge on any atom is 0.296 e. The molecule has 2 saturated heterocycles. The Morgan fingerprint density at radius 2 is 2.38 bits per heavy atom. The van der Waals surface area contributed by atoms with Gasteiger partial charge in [-0.3, -0.25) is 4.90 Å². The zero-order chi connectivity index (χ0) is 11.3. The maximum absolute atomic E-state index is 9.83. The molecule has 88 valence electrons. The second kappa shape index (κ2) is 3.42. The molecular weight excluding hydrogens is 214 g/mol. The van der Waals surface area contributed by atoms with Gasteiger partial charge in [-0.25, -0.2) is 4.99 Å². The summed E-state index contributed by atoms with van der Waals surface area (Å²) in [5.41, 5.74) is 5.60. The molecule has 3 aliphatic rings. The topological polar surface area (TPSA) is 101 Å². The van der Waals surface area contributed by atoms with Crippen LogP contribution < -0.4 is 5.73 Å². The molecule has 3 heterocycles. The number of amidine groups is 1. The molecule has 16 heavy (non-hydrogen) atoms. The van der Waals surface area contributed by atoms with Crippen LogP contribution >= 0.6 is 0 Å². The van der Waals surface area contributed by atoms with Crippen LogP contribution in [0, 0.1) is 0 Å². The van der Waals surface area contributed by atoms with Gasteiger partial charge in [-0.05, 0) is 6.08 Å². The van der Waals surface area contributed by atoms with Gasteiger partial charge in [0.15, 0.2) is 12.3 Å². The highest BCUT2D eigenvalue weighted by Gasteiger charge is 2.54. The monoisotopic (exact) mass is 227 g/mol. The SMILES string of the molecule is NC1C=CN2C(=N1)OC1C(O)C(CO)OC12. The Labute approximate surface area is 91.8 Å². The van der Waals surface area contributed by atoms with Gasteiger partial charge in [-0.1, -0.05) is 0 Å². The summed E-state index contributed by atoms with van der Waals surface area (Å²) in [5, 5.41) is 18.8. The predicted octanol–water partition coefficient (Wildman–Crippen LogP) is -2.07. The normalized spacial score (nSPS) is 45.1. The molecule has 7 heteroatoms. The van der Waals surface area contributed by atoms with Gasteiger partial charge >= 0.3 is 0 Å². The van der Waals surface area contributed by atoms with Crippen LogP contribution in [0.15, 0.2) is 17.3 Å². The van der Waals surface area contributed by atoms with E-state index in [0.717, 1.165) is 0 Å². The van der Waals surface area contributed by atoms with Crippen LogP contribution in [0.4, 0.5) is 0 Å². The summed E-state index contributed by atoms with van der Waals surface area (Å²) >= 11 is 0. The van der Waals surface area contributed by atoms with Crippen LogP contribution in [0.2, 0.25) is 0 Å². The van der Waals surface area contributed by atoms with Crippen LogP contribution in [-0.4, -0.2) is 58.4 Å². The Morgan fingerprint density at radius 1 is 1.56 bits per heavy atom. The van der Waals surface area contributed by atoms with Crippen molar-refractivity contribution in [1.82, 2.24) is 4.90 Å². The lowest BCUT2D eigenvalue weighted by Gasteiger charge is -2.22. The fraction of sp³-hybridized carbons (Fsp3) is 0.667. The van der Waals surface area contributed by atoms with E-state index < -0.39 is 30.7 Å². The molecule has 4 N–H and O–H groups in total. The minimum absolute atomic E-state index is 0.235. The average Bonchev–Trinajstić information content (AvgIpc) is 2.75. The van der Waals surface area contributed by atoms with E-state index in [0.29, 0.717) is 6.02 Å². The lowest BCUT2D eigenvalue weighted by Crippen LogP contribution is -2.36. The average molecular weight is 227 g/mol. The number of nitrogens with zero attached hydrogens (tertiary/aromatic N) is 2. The summed E-state index contributed by atoms with van der Waals surface area (Å²) in [6.45, 7) is -0.235. The molecule has 7 nitrogen and oxygen atoms in total. The van der Waals surface area contributed by atoms with Crippen molar-refractivity contribution in [1.29, 1.82) is 0 Å². The number of aliphatic hydroxyl groups excluding tert-OH is 2. The summed E-state index contributed by atoms with van der Waals surface area (Å²) < 4.78 is 10.9. The lowest BCUT2D eigenvalue weighted by atomic mass is 10.1. The van der Waals surface area contributed by atoms with Gasteiger partial charge in [0, 0.05) is 6.20 Å². The first-order chi connectivity index (χ1) is 7.70. The molecule has 0 aromatic rings. The minimum Gasteiger partial charge on any atom is -0.454 e. The first kappa shape index (κ1) is 10.0. The van der Waals surface area contributed by atoms with Crippen LogP contribution in [0.3, 0.4) is 0 Å². The third kappa shape index (κ3) is 1.26. The Bertz CT molecular complexity index is 359. The van der Waals surface area contributed by atoms with E-state index in [9.17, 15) is 5.11 Å². The molecule has 3 aliphatic heterocycles. The van der Waals surface area contributed by atoms with E-state index in [-0.39, 0.29) is 6.61 Å². The van der Waals surface area contributed by atoms with Gasteiger partial charge < -0.3 is 25.4 Å². The van der Waals surface area contributed by atoms with Crippen molar-refractivity contribution in [2.24, 2.45) is 10.7 Å². The molecule has 5 unspecified atom stereocenters. The van der Waals surface area contributed by atoms with Crippen LogP contribution in [-0.2, 0) is 9.47 Å². The number of fused-ring (bicyclic) bond motifs is 3. The second-order valence-corrected chi connectivity index (χ2v) is 3.97. The van der Waals surface area contributed by atoms with E-state index in [4.69, 9.17) is 20.3 Å². The van der Waals surface area contributed by atoms with E-state index in [1.54, 1.807) is 17.2 Å². The molecule has 0 spiro atoms. The van der Waals surface area contributed by atoms with E-state index in [1.165, 1.54) is 0 Å². The molecule has 2 fully saturated rings. The molecule has 0 amide bonds. The summed E-state index contributed by atoms with van der Waals surface area (Å²) in [5.74, 6) is 0. The first-order valence-corrected chi connectivity index (χ1v) is 5.12. The zero-order valence-electron chi connectivity index (χ0n) is 8.43. The van der Waals surface area contributed by atoms with Crippen molar-refractivity contribution in [3.05, 3.63) is 12.3 Å². The molecular formula is C9H13N3O4.